The quantitative estimate of drug-likeness (QED) is 0.820. The summed E-state index contributed by atoms with van der Waals surface area (Å²) >= 11 is 0. The van der Waals surface area contributed by atoms with E-state index in [1.54, 1.807) is 18.3 Å². The molecule has 1 aliphatic rings. The Morgan fingerprint density at radius 1 is 1.30 bits per heavy atom. The van der Waals surface area contributed by atoms with Gasteiger partial charge in [0.05, 0.1) is 0 Å². The smallest absolute Gasteiger partial charge is 0.253 e. The number of aromatic amines is 1. The van der Waals surface area contributed by atoms with E-state index in [0.717, 1.165) is 25.9 Å². The maximum atomic E-state index is 12.4. The van der Waals surface area contributed by atoms with Crippen molar-refractivity contribution in [2.75, 3.05) is 18.8 Å². The van der Waals surface area contributed by atoms with Crippen LogP contribution in [0.3, 0.4) is 0 Å². The first kappa shape index (κ1) is 12.7. The minimum atomic E-state index is 0.0698. The highest BCUT2D eigenvalue weighted by Gasteiger charge is 2.25. The molecule has 5 heteroatoms. The average molecular weight is 270 g/mol. The molecule has 0 bridgehead atoms. The Bertz CT molecular complexity index is 586. The highest BCUT2D eigenvalue weighted by molar-refractivity contribution is 5.95. The molecule has 1 saturated heterocycles. The minimum absolute atomic E-state index is 0.0698. The van der Waals surface area contributed by atoms with Crippen molar-refractivity contribution in [1.82, 2.24) is 15.1 Å². The summed E-state index contributed by atoms with van der Waals surface area (Å²) in [6.45, 7) is 1.55. The van der Waals surface area contributed by atoms with E-state index in [9.17, 15) is 4.79 Å². The van der Waals surface area contributed by atoms with Gasteiger partial charge in [0, 0.05) is 42.1 Å². The molecular weight excluding hydrogens is 252 g/mol. The summed E-state index contributed by atoms with van der Waals surface area (Å²) in [5, 5.41) is 7.01. The molecule has 1 amide bonds. The number of likely N-dealkylation sites (tertiary alicyclic amines) is 1. The summed E-state index contributed by atoms with van der Waals surface area (Å²) in [6, 6.07) is 9.18. The molecule has 104 valence electrons. The second kappa shape index (κ2) is 5.36. The number of carbonyl (C=O) groups is 1. The van der Waals surface area contributed by atoms with Crippen molar-refractivity contribution >= 4 is 11.6 Å². The highest BCUT2D eigenvalue weighted by Crippen LogP contribution is 2.27. The zero-order valence-corrected chi connectivity index (χ0v) is 11.2. The molecule has 3 rings (SSSR count). The first-order valence-electron chi connectivity index (χ1n) is 6.88. The number of carbonyl (C=O) groups excluding carboxylic acids is 1. The number of benzene rings is 1. The lowest BCUT2D eigenvalue weighted by Crippen LogP contribution is -2.38. The average Bonchev–Trinajstić information content (AvgIpc) is 3.01. The first-order valence-corrected chi connectivity index (χ1v) is 6.88. The van der Waals surface area contributed by atoms with Crippen LogP contribution in [0.2, 0.25) is 0 Å². The highest BCUT2D eigenvalue weighted by atomic mass is 16.2. The molecule has 1 fully saturated rings. The summed E-state index contributed by atoms with van der Waals surface area (Å²) < 4.78 is 0. The fourth-order valence-corrected chi connectivity index (χ4v) is 2.74. The second-order valence-electron chi connectivity index (χ2n) is 5.20. The van der Waals surface area contributed by atoms with Crippen molar-refractivity contribution in [3.63, 3.8) is 0 Å². The van der Waals surface area contributed by atoms with Crippen molar-refractivity contribution in [3.05, 3.63) is 47.8 Å². The Morgan fingerprint density at radius 3 is 2.75 bits per heavy atom. The summed E-state index contributed by atoms with van der Waals surface area (Å²) in [5.74, 6) is 0.544. The van der Waals surface area contributed by atoms with Gasteiger partial charge in [0.2, 0.25) is 0 Å². The van der Waals surface area contributed by atoms with E-state index in [1.807, 2.05) is 23.1 Å². The molecule has 0 atom stereocenters. The number of amides is 1. The van der Waals surface area contributed by atoms with Crippen LogP contribution in [0, 0.1) is 0 Å². The number of hydrogen-bond acceptors (Lipinski definition) is 3. The molecule has 1 aromatic heterocycles. The van der Waals surface area contributed by atoms with E-state index in [4.69, 9.17) is 5.73 Å². The summed E-state index contributed by atoms with van der Waals surface area (Å²) in [6.07, 6.45) is 3.71. The van der Waals surface area contributed by atoms with Gasteiger partial charge in [0.1, 0.15) is 0 Å². The van der Waals surface area contributed by atoms with Gasteiger partial charge >= 0.3 is 0 Å². The van der Waals surface area contributed by atoms with Crippen LogP contribution in [0.25, 0.3) is 0 Å². The zero-order valence-electron chi connectivity index (χ0n) is 11.2. The first-order chi connectivity index (χ1) is 9.74. The van der Waals surface area contributed by atoms with Gasteiger partial charge in [-0.15, -0.1) is 0 Å². The van der Waals surface area contributed by atoms with Gasteiger partial charge in [-0.2, -0.15) is 5.10 Å². The third kappa shape index (κ3) is 2.52. The predicted molar refractivity (Wildman–Crippen MR) is 77.3 cm³/mol. The lowest BCUT2D eigenvalue weighted by molar-refractivity contribution is 0.0712. The molecule has 1 aromatic carbocycles. The van der Waals surface area contributed by atoms with E-state index in [1.165, 1.54) is 5.69 Å². The second-order valence-corrected chi connectivity index (χ2v) is 5.20. The molecule has 3 N–H and O–H groups in total. The molecule has 0 radical (unpaired) electrons. The predicted octanol–water partition coefficient (Wildman–Crippen LogP) is 2.01. The van der Waals surface area contributed by atoms with Crippen LogP contribution in [-0.2, 0) is 0 Å². The lowest BCUT2D eigenvalue weighted by atomic mass is 9.93. The number of nitrogens with zero attached hydrogens (tertiary/aromatic N) is 2. The molecular formula is C15H18N4O. The van der Waals surface area contributed by atoms with Crippen LogP contribution in [0.1, 0.15) is 34.8 Å². The molecule has 20 heavy (non-hydrogen) atoms. The van der Waals surface area contributed by atoms with Gasteiger partial charge in [-0.3, -0.25) is 9.89 Å². The molecule has 0 aliphatic carbocycles. The number of nitrogens with two attached hydrogens (primary N) is 1. The Hall–Kier alpha value is -2.30. The maximum Gasteiger partial charge on any atom is 0.253 e. The maximum absolute atomic E-state index is 12.4. The topological polar surface area (TPSA) is 75.0 Å². The van der Waals surface area contributed by atoms with Crippen LogP contribution in [0.4, 0.5) is 5.69 Å². The van der Waals surface area contributed by atoms with E-state index in [-0.39, 0.29) is 5.91 Å². The summed E-state index contributed by atoms with van der Waals surface area (Å²) in [7, 11) is 0. The number of nitrogens with one attached hydrogen (secondary N) is 1. The summed E-state index contributed by atoms with van der Waals surface area (Å²) in [5.41, 5.74) is 8.20. The molecule has 0 saturated carbocycles. The standard InChI is InChI=1S/C15H18N4O/c16-13-3-1-2-12(10-13)15(20)19-8-5-11(6-9-19)14-4-7-17-18-14/h1-4,7,10-11H,5-6,8-9,16H2,(H,17,18). The molecule has 2 aromatic rings. The monoisotopic (exact) mass is 270 g/mol. The van der Waals surface area contributed by atoms with E-state index in [2.05, 4.69) is 10.2 Å². The van der Waals surface area contributed by atoms with E-state index < -0.39 is 0 Å². The van der Waals surface area contributed by atoms with Gasteiger partial charge in [0.15, 0.2) is 0 Å². The summed E-state index contributed by atoms with van der Waals surface area (Å²) in [4.78, 5) is 14.3. The van der Waals surface area contributed by atoms with Crippen molar-refractivity contribution < 1.29 is 4.79 Å². The largest absolute Gasteiger partial charge is 0.399 e. The molecule has 5 nitrogen and oxygen atoms in total. The third-order valence-corrected chi connectivity index (χ3v) is 3.88. The van der Waals surface area contributed by atoms with Crippen molar-refractivity contribution in [3.8, 4) is 0 Å². The van der Waals surface area contributed by atoms with Gasteiger partial charge in [-0.1, -0.05) is 6.07 Å². The lowest BCUT2D eigenvalue weighted by Gasteiger charge is -2.31. The van der Waals surface area contributed by atoms with Crippen molar-refractivity contribution in [2.45, 2.75) is 18.8 Å². The van der Waals surface area contributed by atoms with Crippen LogP contribution < -0.4 is 5.73 Å². The van der Waals surface area contributed by atoms with E-state index in [0.29, 0.717) is 17.2 Å². The third-order valence-electron chi connectivity index (χ3n) is 3.88. The molecule has 2 heterocycles. The molecule has 0 unspecified atom stereocenters. The van der Waals surface area contributed by atoms with Gasteiger partial charge in [-0.05, 0) is 37.1 Å². The number of nitrogen functional groups attached to an aromatic ring is 1. The minimum Gasteiger partial charge on any atom is -0.399 e. The number of piperidine rings is 1. The number of anilines is 1. The Kier molecular flexibility index (Phi) is 3.41. The Balaban J connectivity index is 1.65. The number of aromatic nitrogens is 2. The normalized spacial score (nSPS) is 16.3. The number of hydrogen-bond donors (Lipinski definition) is 2. The molecule has 1 aliphatic heterocycles. The zero-order chi connectivity index (χ0) is 13.9. The fourth-order valence-electron chi connectivity index (χ4n) is 2.74. The van der Waals surface area contributed by atoms with Gasteiger partial charge in [-0.25, -0.2) is 0 Å². The van der Waals surface area contributed by atoms with Crippen molar-refractivity contribution in [2.24, 2.45) is 0 Å². The molecule has 0 spiro atoms. The Labute approximate surface area is 117 Å². The SMILES string of the molecule is Nc1cccc(C(=O)N2CCC(c3ccn[nH]3)CC2)c1. The van der Waals surface area contributed by atoms with Crippen LogP contribution in [-0.4, -0.2) is 34.1 Å². The number of H-pyrrole nitrogens is 1. The van der Waals surface area contributed by atoms with Crippen LogP contribution in [0.15, 0.2) is 36.5 Å². The van der Waals surface area contributed by atoms with Crippen LogP contribution >= 0.6 is 0 Å². The van der Waals surface area contributed by atoms with E-state index >= 15 is 0 Å². The van der Waals surface area contributed by atoms with Crippen molar-refractivity contribution in [1.29, 1.82) is 0 Å². The Morgan fingerprint density at radius 2 is 2.10 bits per heavy atom. The van der Waals surface area contributed by atoms with Crippen LogP contribution in [0.5, 0.6) is 0 Å². The number of rotatable bonds is 2. The van der Waals surface area contributed by atoms with Gasteiger partial charge in [0.25, 0.3) is 5.91 Å². The fraction of sp³-hybridized carbons (Fsp3) is 0.333. The van der Waals surface area contributed by atoms with Gasteiger partial charge < -0.3 is 10.6 Å².